The minimum Gasteiger partial charge on any atom is -0.448 e. The molecule has 2 aromatic carbocycles. The summed E-state index contributed by atoms with van der Waals surface area (Å²) in [6.45, 7) is -1.37. The quantitative estimate of drug-likeness (QED) is 0.232. The molecular formula is C30H31F6N5O4. The van der Waals surface area contributed by atoms with Crippen molar-refractivity contribution >= 4 is 17.7 Å². The summed E-state index contributed by atoms with van der Waals surface area (Å²) in [6, 6.07) is 9.09. The SMILES string of the molecule is N[C@H](C(=O)Nc1cncc(F)c1CC[C@@H]1CN[C@H](COC(=O)NCC(F)(F)F)CO1)[C@@H](c1ccc(F)cc1)c1cccc(F)c1. The molecule has 1 aliphatic heterocycles. The van der Waals surface area contributed by atoms with Crippen molar-refractivity contribution in [2.45, 2.75) is 43.1 Å². The smallest absolute Gasteiger partial charge is 0.407 e. The zero-order valence-electron chi connectivity index (χ0n) is 23.8. The van der Waals surface area contributed by atoms with Crippen molar-refractivity contribution in [2.24, 2.45) is 5.73 Å². The molecule has 1 saturated heterocycles. The molecule has 2 amide bonds. The molecule has 4 rings (SSSR count). The molecule has 0 bridgehead atoms. The molecule has 2 heterocycles. The minimum atomic E-state index is -4.56. The molecule has 9 nitrogen and oxygen atoms in total. The van der Waals surface area contributed by atoms with Crippen LogP contribution in [0.1, 0.15) is 29.0 Å². The van der Waals surface area contributed by atoms with Crippen LogP contribution >= 0.6 is 0 Å². The van der Waals surface area contributed by atoms with Gasteiger partial charge in [0.25, 0.3) is 0 Å². The molecule has 0 spiro atoms. The number of benzene rings is 2. The van der Waals surface area contributed by atoms with Crippen molar-refractivity contribution in [1.82, 2.24) is 15.6 Å². The summed E-state index contributed by atoms with van der Waals surface area (Å²) in [6.07, 6.45) is -3.46. The Balaban J connectivity index is 1.36. The monoisotopic (exact) mass is 639 g/mol. The van der Waals surface area contributed by atoms with E-state index in [2.05, 4.69) is 15.6 Å². The van der Waals surface area contributed by atoms with Gasteiger partial charge in [-0.05, 0) is 48.2 Å². The summed E-state index contributed by atoms with van der Waals surface area (Å²) in [4.78, 5) is 28.6. The van der Waals surface area contributed by atoms with Crippen LogP contribution in [0.3, 0.4) is 0 Å². The number of morpholine rings is 1. The van der Waals surface area contributed by atoms with Gasteiger partial charge >= 0.3 is 12.3 Å². The first-order valence-electron chi connectivity index (χ1n) is 13.9. The summed E-state index contributed by atoms with van der Waals surface area (Å²) < 4.78 is 89.7. The Hall–Kier alpha value is -4.21. The van der Waals surface area contributed by atoms with Gasteiger partial charge in [-0.2, -0.15) is 13.2 Å². The van der Waals surface area contributed by atoms with Gasteiger partial charge < -0.3 is 31.2 Å². The van der Waals surface area contributed by atoms with E-state index in [0.717, 1.165) is 6.20 Å². The van der Waals surface area contributed by atoms with Crippen LogP contribution < -0.4 is 21.7 Å². The second kappa shape index (κ2) is 15.2. The van der Waals surface area contributed by atoms with E-state index in [9.17, 15) is 35.9 Å². The van der Waals surface area contributed by atoms with Crippen LogP contribution in [0.15, 0.2) is 60.9 Å². The summed E-state index contributed by atoms with van der Waals surface area (Å²) in [5.74, 6) is -3.30. The number of aromatic nitrogens is 1. The maximum absolute atomic E-state index is 14.9. The van der Waals surface area contributed by atoms with Crippen LogP contribution in [-0.4, -0.2) is 67.7 Å². The molecule has 242 valence electrons. The van der Waals surface area contributed by atoms with Crippen LogP contribution in [0.25, 0.3) is 0 Å². The molecule has 0 radical (unpaired) electrons. The molecule has 0 unspecified atom stereocenters. The standard InChI is InChI=1S/C30H31F6N5O4/c31-19-6-4-17(5-7-19)26(18-2-1-3-20(32)10-18)27(37)28(42)41-25-13-38-12-24(33)23(25)9-8-22-11-39-21(14-44-22)15-45-29(43)40-16-30(34,35)36/h1-7,10,12-13,21-22,26-27,39H,8-9,11,14-16,37H2,(H,40,43)(H,41,42)/t21-,22+,26-,27-/m0/s1. The highest BCUT2D eigenvalue weighted by atomic mass is 19.4. The average Bonchev–Trinajstić information content (AvgIpc) is 3.00. The summed E-state index contributed by atoms with van der Waals surface area (Å²) in [5, 5.41) is 7.29. The van der Waals surface area contributed by atoms with E-state index < -0.39 is 66.3 Å². The lowest BCUT2D eigenvalue weighted by molar-refractivity contribution is -0.124. The Morgan fingerprint density at radius 1 is 1.07 bits per heavy atom. The van der Waals surface area contributed by atoms with E-state index >= 15 is 0 Å². The number of pyridine rings is 1. The molecule has 1 fully saturated rings. The summed E-state index contributed by atoms with van der Waals surface area (Å²) >= 11 is 0. The minimum absolute atomic E-state index is 0.0764. The Morgan fingerprint density at radius 3 is 2.49 bits per heavy atom. The number of rotatable bonds is 11. The van der Waals surface area contributed by atoms with Gasteiger partial charge in [0, 0.05) is 18.0 Å². The molecule has 4 atom stereocenters. The number of hydrogen-bond acceptors (Lipinski definition) is 7. The van der Waals surface area contributed by atoms with Gasteiger partial charge in [-0.25, -0.2) is 18.0 Å². The average molecular weight is 640 g/mol. The fourth-order valence-electron chi connectivity index (χ4n) is 4.83. The first-order chi connectivity index (χ1) is 21.4. The van der Waals surface area contributed by atoms with E-state index in [0.29, 0.717) is 17.5 Å². The summed E-state index contributed by atoms with van der Waals surface area (Å²) in [7, 11) is 0. The number of anilines is 1. The van der Waals surface area contributed by atoms with Crippen LogP contribution in [-0.2, 0) is 20.7 Å². The second-order valence-electron chi connectivity index (χ2n) is 10.4. The molecule has 45 heavy (non-hydrogen) atoms. The highest BCUT2D eigenvalue weighted by Crippen LogP contribution is 2.30. The van der Waals surface area contributed by atoms with E-state index in [-0.39, 0.29) is 37.4 Å². The number of halogens is 6. The largest absolute Gasteiger partial charge is 0.448 e. The second-order valence-corrected chi connectivity index (χ2v) is 10.4. The van der Waals surface area contributed by atoms with Gasteiger partial charge in [-0.1, -0.05) is 24.3 Å². The lowest BCUT2D eigenvalue weighted by Gasteiger charge is -2.30. The Bertz CT molecular complexity index is 1450. The zero-order chi connectivity index (χ0) is 32.6. The number of amides is 2. The first-order valence-corrected chi connectivity index (χ1v) is 13.9. The number of alkyl halides is 3. The fourth-order valence-corrected chi connectivity index (χ4v) is 4.83. The van der Waals surface area contributed by atoms with E-state index in [4.69, 9.17) is 15.2 Å². The van der Waals surface area contributed by atoms with E-state index in [1.165, 1.54) is 48.7 Å². The van der Waals surface area contributed by atoms with Gasteiger partial charge in [0.2, 0.25) is 5.91 Å². The normalized spacial score (nSPS) is 18.1. The van der Waals surface area contributed by atoms with Crippen LogP contribution in [0.2, 0.25) is 0 Å². The van der Waals surface area contributed by atoms with E-state index in [1.54, 1.807) is 11.4 Å². The molecule has 0 aliphatic carbocycles. The lowest BCUT2D eigenvalue weighted by Crippen LogP contribution is -2.49. The van der Waals surface area contributed by atoms with Gasteiger partial charge in [-0.15, -0.1) is 0 Å². The van der Waals surface area contributed by atoms with Gasteiger partial charge in [0.15, 0.2) is 0 Å². The number of nitrogens with zero attached hydrogens (tertiary/aromatic N) is 1. The molecule has 15 heteroatoms. The van der Waals surface area contributed by atoms with Crippen LogP contribution in [0, 0.1) is 17.5 Å². The third-order valence-corrected chi connectivity index (χ3v) is 7.09. The van der Waals surface area contributed by atoms with Crippen molar-refractivity contribution in [2.75, 3.05) is 31.6 Å². The van der Waals surface area contributed by atoms with Crippen molar-refractivity contribution in [3.8, 4) is 0 Å². The van der Waals surface area contributed by atoms with Crippen molar-refractivity contribution < 1.29 is 45.4 Å². The molecule has 5 N–H and O–H groups in total. The Morgan fingerprint density at radius 2 is 1.82 bits per heavy atom. The third-order valence-electron chi connectivity index (χ3n) is 7.09. The highest BCUT2D eigenvalue weighted by Gasteiger charge is 2.30. The van der Waals surface area contributed by atoms with Crippen molar-refractivity contribution in [1.29, 1.82) is 0 Å². The predicted octanol–water partition coefficient (Wildman–Crippen LogP) is 4.17. The topological polar surface area (TPSA) is 128 Å². The highest BCUT2D eigenvalue weighted by molar-refractivity contribution is 5.96. The number of nitrogens with two attached hydrogens (primary N) is 1. The number of carbonyl (C=O) groups excluding carboxylic acids is 2. The number of ether oxygens (including phenoxy) is 2. The fraction of sp³-hybridized carbons (Fsp3) is 0.367. The van der Waals surface area contributed by atoms with Crippen molar-refractivity contribution in [3.63, 3.8) is 0 Å². The molecule has 0 saturated carbocycles. The zero-order valence-corrected chi connectivity index (χ0v) is 23.8. The molecule has 3 aromatic rings. The number of alkyl carbamates (subject to hydrolysis) is 1. The maximum atomic E-state index is 14.9. The number of hydrogen-bond donors (Lipinski definition) is 4. The van der Waals surface area contributed by atoms with Crippen LogP contribution in [0.4, 0.5) is 36.8 Å². The maximum Gasteiger partial charge on any atom is 0.407 e. The molecular weight excluding hydrogens is 608 g/mol. The number of carbonyl (C=O) groups is 2. The predicted molar refractivity (Wildman–Crippen MR) is 151 cm³/mol. The lowest BCUT2D eigenvalue weighted by atomic mass is 9.85. The Kier molecular flexibility index (Phi) is 11.4. The van der Waals surface area contributed by atoms with Gasteiger partial charge in [0.05, 0.1) is 42.9 Å². The van der Waals surface area contributed by atoms with Crippen molar-refractivity contribution in [3.05, 3.63) is 95.1 Å². The number of nitrogens with one attached hydrogen (secondary N) is 3. The molecule has 1 aromatic heterocycles. The van der Waals surface area contributed by atoms with Crippen LogP contribution in [0.5, 0.6) is 0 Å². The van der Waals surface area contributed by atoms with Gasteiger partial charge in [-0.3, -0.25) is 9.78 Å². The Labute approximate surface area is 254 Å². The summed E-state index contributed by atoms with van der Waals surface area (Å²) in [5.41, 5.74) is 7.45. The first kappa shape index (κ1) is 33.7. The van der Waals surface area contributed by atoms with Gasteiger partial charge in [0.1, 0.15) is 30.6 Å². The van der Waals surface area contributed by atoms with E-state index in [1.807, 2.05) is 0 Å². The molecule has 1 aliphatic rings. The third kappa shape index (κ3) is 9.89.